The van der Waals surface area contributed by atoms with Gasteiger partial charge in [0.25, 0.3) is 0 Å². The summed E-state index contributed by atoms with van der Waals surface area (Å²) < 4.78 is 0. The Labute approximate surface area is 240 Å². The van der Waals surface area contributed by atoms with Crippen LogP contribution in [0, 0.1) is 11.8 Å². The average Bonchev–Trinajstić information content (AvgIpc) is 2.92. The minimum absolute atomic E-state index is 0.0393. The number of fused-ring (bicyclic) bond motifs is 1. The zero-order valence-corrected chi connectivity index (χ0v) is 24.4. The smallest absolute Gasteiger partial charge is 0.237 e. The molecule has 5 unspecified atom stereocenters. The number of likely N-dealkylation sites (tertiary alicyclic amines) is 1. The molecule has 0 aromatic heterocycles. The molecule has 1 saturated carbocycles. The van der Waals surface area contributed by atoms with Crippen LogP contribution in [0.1, 0.15) is 64.0 Å². The quantitative estimate of drug-likeness (QED) is 0.344. The molecule has 7 heteroatoms. The van der Waals surface area contributed by atoms with Gasteiger partial charge in [-0.1, -0.05) is 79.9 Å². The number of β-amino-alcohol motifs (C(OH)–C–C–N with tert-alkyl or cyclic N) is 1. The van der Waals surface area contributed by atoms with Crippen molar-refractivity contribution in [3.63, 3.8) is 0 Å². The lowest BCUT2D eigenvalue weighted by molar-refractivity contribution is -0.133. The van der Waals surface area contributed by atoms with E-state index in [9.17, 15) is 14.7 Å². The summed E-state index contributed by atoms with van der Waals surface area (Å²) >= 11 is 0. The van der Waals surface area contributed by atoms with Gasteiger partial charge in [-0.2, -0.15) is 0 Å². The van der Waals surface area contributed by atoms with Gasteiger partial charge in [0.1, 0.15) is 0 Å². The third-order valence-corrected chi connectivity index (χ3v) is 8.29. The van der Waals surface area contributed by atoms with Gasteiger partial charge < -0.3 is 21.1 Å². The molecule has 1 aliphatic heterocycles. The Morgan fingerprint density at radius 3 is 2.23 bits per heavy atom. The van der Waals surface area contributed by atoms with Gasteiger partial charge >= 0.3 is 0 Å². The molecule has 1 aliphatic carbocycles. The van der Waals surface area contributed by atoms with Crippen LogP contribution >= 0.6 is 0 Å². The second-order valence-electron chi connectivity index (χ2n) is 12.8. The summed E-state index contributed by atoms with van der Waals surface area (Å²) in [6.07, 6.45) is 5.37. The Morgan fingerprint density at radius 2 is 1.57 bits per heavy atom. The van der Waals surface area contributed by atoms with Gasteiger partial charge in [-0.25, -0.2) is 0 Å². The van der Waals surface area contributed by atoms with Crippen molar-refractivity contribution in [3.8, 4) is 0 Å². The Hall–Kier alpha value is -2.74. The monoisotopic (exact) mass is 548 g/mol. The molecule has 5 atom stereocenters. The number of piperidine rings is 1. The van der Waals surface area contributed by atoms with Crippen molar-refractivity contribution in [2.45, 2.75) is 89.6 Å². The largest absolute Gasteiger partial charge is 0.390 e. The molecule has 7 nitrogen and oxygen atoms in total. The number of carbonyl (C=O) groups is 2. The van der Waals surface area contributed by atoms with Crippen molar-refractivity contribution < 1.29 is 14.7 Å². The van der Waals surface area contributed by atoms with E-state index >= 15 is 0 Å². The topological polar surface area (TPSA) is 93.7 Å². The van der Waals surface area contributed by atoms with Gasteiger partial charge in [-0.05, 0) is 63.0 Å². The minimum Gasteiger partial charge on any atom is -0.390 e. The fraction of sp³-hybridized carbons (Fsp3) is 0.576. The lowest BCUT2D eigenvalue weighted by Gasteiger charge is -2.47. The SMILES string of the molecule is CC(C)(C)NC(=O)C1CC2CCCCC2CN1CC(O)C(Cc1ccccc1)NC(=O)CNCc1ccccc1. The van der Waals surface area contributed by atoms with Crippen molar-refractivity contribution in [1.29, 1.82) is 0 Å². The van der Waals surface area contributed by atoms with Crippen molar-refractivity contribution >= 4 is 11.8 Å². The van der Waals surface area contributed by atoms with E-state index in [1.165, 1.54) is 25.7 Å². The first kappa shape index (κ1) is 30.2. The van der Waals surface area contributed by atoms with Gasteiger partial charge in [0, 0.05) is 25.2 Å². The first-order valence-corrected chi connectivity index (χ1v) is 15.0. The maximum absolute atomic E-state index is 13.4. The van der Waals surface area contributed by atoms with Gasteiger partial charge in [-0.3, -0.25) is 14.5 Å². The number of amides is 2. The molecule has 0 radical (unpaired) electrons. The molecule has 2 amide bonds. The lowest BCUT2D eigenvalue weighted by Crippen LogP contribution is -2.60. The highest BCUT2D eigenvalue weighted by Gasteiger charge is 2.41. The van der Waals surface area contributed by atoms with Gasteiger partial charge in [0.15, 0.2) is 0 Å². The first-order chi connectivity index (χ1) is 19.2. The van der Waals surface area contributed by atoms with Crippen molar-refractivity contribution in [1.82, 2.24) is 20.9 Å². The Kier molecular flexibility index (Phi) is 10.8. The number of hydrogen-bond donors (Lipinski definition) is 4. The number of aliphatic hydroxyl groups excluding tert-OH is 1. The Morgan fingerprint density at radius 1 is 0.950 bits per heavy atom. The number of carbonyl (C=O) groups excluding carboxylic acids is 2. The van der Waals surface area contributed by atoms with Crippen LogP contribution in [0.3, 0.4) is 0 Å². The highest BCUT2D eigenvalue weighted by atomic mass is 16.3. The molecular weight excluding hydrogens is 500 g/mol. The van der Waals surface area contributed by atoms with Crippen LogP contribution in [0.4, 0.5) is 0 Å². The van der Waals surface area contributed by atoms with E-state index in [1.54, 1.807) is 0 Å². The standard InChI is InChI=1S/C33H48N4O3/c1-33(2,3)36-32(40)29-19-26-16-10-11-17-27(26)22-37(29)23-30(38)28(18-24-12-6-4-7-13-24)35-31(39)21-34-20-25-14-8-5-9-15-25/h4-9,12-15,26-30,34,38H,10-11,16-23H2,1-3H3,(H,35,39)(H,36,40). The summed E-state index contributed by atoms with van der Waals surface area (Å²) in [6, 6.07) is 19.2. The molecule has 2 aromatic rings. The number of nitrogens with zero attached hydrogens (tertiary/aromatic N) is 1. The average molecular weight is 549 g/mol. The van der Waals surface area contributed by atoms with Gasteiger partial charge in [-0.15, -0.1) is 0 Å². The molecule has 4 rings (SSSR count). The molecular formula is C33H48N4O3. The predicted octanol–water partition coefficient (Wildman–Crippen LogP) is 3.66. The normalized spacial score (nSPS) is 23.1. The molecule has 40 heavy (non-hydrogen) atoms. The van der Waals surface area contributed by atoms with E-state index in [4.69, 9.17) is 0 Å². The molecule has 218 valence electrons. The summed E-state index contributed by atoms with van der Waals surface area (Å²) in [6.45, 7) is 7.95. The second kappa shape index (κ2) is 14.2. The summed E-state index contributed by atoms with van der Waals surface area (Å²) in [5.41, 5.74) is 1.85. The summed E-state index contributed by atoms with van der Waals surface area (Å²) in [5.74, 6) is 1.01. The van der Waals surface area contributed by atoms with E-state index in [2.05, 4.69) is 20.9 Å². The van der Waals surface area contributed by atoms with E-state index < -0.39 is 12.1 Å². The third kappa shape index (κ3) is 9.15. The van der Waals surface area contributed by atoms with Crippen molar-refractivity contribution in [3.05, 3.63) is 71.8 Å². The van der Waals surface area contributed by atoms with E-state index in [1.807, 2.05) is 81.4 Å². The van der Waals surface area contributed by atoms with Crippen LogP contribution in [-0.2, 0) is 22.6 Å². The number of benzene rings is 2. The van der Waals surface area contributed by atoms with E-state index in [0.29, 0.717) is 31.3 Å². The Bertz CT molecular complexity index is 1070. The van der Waals surface area contributed by atoms with Crippen LogP contribution in [0.15, 0.2) is 60.7 Å². The molecule has 2 aliphatic rings. The molecule has 4 N–H and O–H groups in total. The first-order valence-electron chi connectivity index (χ1n) is 15.0. The Balaban J connectivity index is 1.44. The van der Waals surface area contributed by atoms with E-state index in [-0.39, 0.29) is 29.9 Å². The van der Waals surface area contributed by atoms with Crippen LogP contribution in [0.2, 0.25) is 0 Å². The highest BCUT2D eigenvalue weighted by molar-refractivity contribution is 5.82. The minimum atomic E-state index is -0.816. The molecule has 0 bridgehead atoms. The fourth-order valence-electron chi connectivity index (χ4n) is 6.32. The predicted molar refractivity (Wildman–Crippen MR) is 160 cm³/mol. The molecule has 2 aromatic carbocycles. The second-order valence-corrected chi connectivity index (χ2v) is 12.8. The number of nitrogens with one attached hydrogen (secondary N) is 3. The summed E-state index contributed by atoms with van der Waals surface area (Å²) in [4.78, 5) is 28.6. The van der Waals surface area contributed by atoms with E-state index in [0.717, 1.165) is 24.1 Å². The number of aliphatic hydroxyl groups is 1. The lowest BCUT2D eigenvalue weighted by atomic mass is 9.72. The van der Waals surface area contributed by atoms with Crippen LogP contribution in [-0.4, -0.2) is 65.2 Å². The zero-order valence-electron chi connectivity index (χ0n) is 24.4. The van der Waals surface area contributed by atoms with Gasteiger partial charge in [0.05, 0.1) is 24.7 Å². The number of hydrogen-bond acceptors (Lipinski definition) is 5. The molecule has 1 saturated heterocycles. The molecule has 2 fully saturated rings. The zero-order chi connectivity index (χ0) is 28.5. The maximum atomic E-state index is 13.4. The van der Waals surface area contributed by atoms with Crippen molar-refractivity contribution in [2.24, 2.45) is 11.8 Å². The third-order valence-electron chi connectivity index (χ3n) is 8.29. The van der Waals surface area contributed by atoms with Crippen LogP contribution < -0.4 is 16.0 Å². The summed E-state index contributed by atoms with van der Waals surface area (Å²) in [7, 11) is 0. The maximum Gasteiger partial charge on any atom is 0.237 e. The van der Waals surface area contributed by atoms with Gasteiger partial charge in [0.2, 0.25) is 11.8 Å². The summed E-state index contributed by atoms with van der Waals surface area (Å²) in [5, 5.41) is 21.1. The molecule has 1 heterocycles. The van der Waals surface area contributed by atoms with Crippen LogP contribution in [0.5, 0.6) is 0 Å². The number of rotatable bonds is 11. The van der Waals surface area contributed by atoms with Crippen molar-refractivity contribution in [2.75, 3.05) is 19.6 Å². The van der Waals surface area contributed by atoms with Crippen LogP contribution in [0.25, 0.3) is 0 Å². The highest BCUT2D eigenvalue weighted by Crippen LogP contribution is 2.39. The molecule has 0 spiro atoms. The fourth-order valence-corrected chi connectivity index (χ4v) is 6.32.